The number of allylic oxidation sites excluding steroid dienone is 1. The number of aliphatic imine (C=N–C) groups is 2. The highest BCUT2D eigenvalue weighted by atomic mass is 16.1. The third-order valence-corrected chi connectivity index (χ3v) is 2.32. The zero-order chi connectivity index (χ0) is 9.42. The van der Waals surface area contributed by atoms with Gasteiger partial charge in [-0.3, -0.25) is 14.8 Å². The van der Waals surface area contributed by atoms with Crippen LogP contribution in [-0.2, 0) is 4.79 Å². The van der Waals surface area contributed by atoms with Gasteiger partial charge in [0.1, 0.15) is 0 Å². The Morgan fingerprint density at radius 1 is 1.46 bits per heavy atom. The molecule has 13 heavy (non-hydrogen) atoms. The van der Waals surface area contributed by atoms with Crippen LogP contribution >= 0.6 is 0 Å². The fourth-order valence-corrected chi connectivity index (χ4v) is 1.63. The second-order valence-corrected chi connectivity index (χ2v) is 3.62. The van der Waals surface area contributed by atoms with Crippen molar-refractivity contribution in [3.8, 4) is 0 Å². The first-order valence-electron chi connectivity index (χ1n) is 4.53. The van der Waals surface area contributed by atoms with E-state index in [1.165, 1.54) is 0 Å². The molecule has 0 N–H and O–H groups in total. The quantitative estimate of drug-likeness (QED) is 0.595. The molecule has 3 heteroatoms. The largest absolute Gasteiger partial charge is 0.294 e. The summed E-state index contributed by atoms with van der Waals surface area (Å²) in [5.74, 6) is 0.542. The van der Waals surface area contributed by atoms with Gasteiger partial charge in [0, 0.05) is 18.2 Å². The number of nitrogens with zero attached hydrogens (tertiary/aromatic N) is 2. The summed E-state index contributed by atoms with van der Waals surface area (Å²) in [4.78, 5) is 20.0. The standard InChI is InChI=1S/C10H12N2O/c1-6(2)9-10-7(5-12-9)8(13)3-4-11-10/h4,6H,3,5H2,1-2H3. The highest BCUT2D eigenvalue weighted by molar-refractivity contribution is 6.17. The lowest BCUT2D eigenvalue weighted by molar-refractivity contribution is -0.114. The zero-order valence-corrected chi connectivity index (χ0v) is 7.87. The van der Waals surface area contributed by atoms with Crippen molar-refractivity contribution in [2.75, 3.05) is 6.54 Å². The zero-order valence-electron chi connectivity index (χ0n) is 7.87. The number of hydrogen-bond acceptors (Lipinski definition) is 3. The van der Waals surface area contributed by atoms with Gasteiger partial charge in [0.25, 0.3) is 0 Å². The van der Waals surface area contributed by atoms with Crippen molar-refractivity contribution < 1.29 is 4.79 Å². The lowest BCUT2D eigenvalue weighted by atomic mass is 9.99. The summed E-state index contributed by atoms with van der Waals surface area (Å²) in [6.07, 6.45) is 2.13. The van der Waals surface area contributed by atoms with Crippen LogP contribution in [0.25, 0.3) is 0 Å². The molecule has 0 aromatic carbocycles. The van der Waals surface area contributed by atoms with Gasteiger partial charge in [0.05, 0.1) is 18.0 Å². The fourth-order valence-electron chi connectivity index (χ4n) is 1.63. The molecule has 2 heterocycles. The summed E-state index contributed by atoms with van der Waals surface area (Å²) in [5, 5.41) is 0. The van der Waals surface area contributed by atoms with Crippen molar-refractivity contribution in [3.05, 3.63) is 11.3 Å². The molecule has 0 fully saturated rings. The first kappa shape index (κ1) is 8.35. The van der Waals surface area contributed by atoms with Gasteiger partial charge >= 0.3 is 0 Å². The number of hydrogen-bond donors (Lipinski definition) is 0. The smallest absolute Gasteiger partial charge is 0.168 e. The van der Waals surface area contributed by atoms with Crippen LogP contribution in [0, 0.1) is 5.92 Å². The molecular weight excluding hydrogens is 164 g/mol. The van der Waals surface area contributed by atoms with Crippen molar-refractivity contribution in [2.45, 2.75) is 20.3 Å². The second-order valence-electron chi connectivity index (χ2n) is 3.62. The molecule has 68 valence electrons. The van der Waals surface area contributed by atoms with Gasteiger partial charge in [-0.15, -0.1) is 0 Å². The Morgan fingerprint density at radius 2 is 2.23 bits per heavy atom. The molecule has 0 aromatic heterocycles. The van der Waals surface area contributed by atoms with Crippen LogP contribution < -0.4 is 0 Å². The molecule has 0 radical (unpaired) electrons. The summed E-state index contributed by atoms with van der Waals surface area (Å²) in [6, 6.07) is 0. The Hall–Kier alpha value is -1.25. The lowest BCUT2D eigenvalue weighted by Crippen LogP contribution is -2.14. The molecule has 0 amide bonds. The van der Waals surface area contributed by atoms with E-state index in [1.54, 1.807) is 6.21 Å². The van der Waals surface area contributed by atoms with Crippen molar-refractivity contribution in [1.29, 1.82) is 0 Å². The SMILES string of the molecule is CC(C)C1=NCC2=C1N=CCC2=O. The summed E-state index contributed by atoms with van der Waals surface area (Å²) >= 11 is 0. The molecule has 2 aliphatic heterocycles. The van der Waals surface area contributed by atoms with Crippen LogP contribution in [0.1, 0.15) is 20.3 Å². The van der Waals surface area contributed by atoms with Crippen molar-refractivity contribution in [2.24, 2.45) is 15.9 Å². The van der Waals surface area contributed by atoms with E-state index in [1.807, 2.05) is 0 Å². The van der Waals surface area contributed by atoms with E-state index in [4.69, 9.17) is 0 Å². The normalized spacial score (nSPS) is 21.2. The van der Waals surface area contributed by atoms with E-state index in [2.05, 4.69) is 23.8 Å². The monoisotopic (exact) mass is 176 g/mol. The molecule has 0 spiro atoms. The molecule has 0 aromatic rings. The van der Waals surface area contributed by atoms with Gasteiger partial charge in [-0.1, -0.05) is 13.8 Å². The van der Waals surface area contributed by atoms with Crippen molar-refractivity contribution in [1.82, 2.24) is 0 Å². The van der Waals surface area contributed by atoms with Crippen LogP contribution in [0.3, 0.4) is 0 Å². The highest BCUT2D eigenvalue weighted by Gasteiger charge is 2.27. The Labute approximate surface area is 77.3 Å². The average Bonchev–Trinajstić information content (AvgIpc) is 2.48. The van der Waals surface area contributed by atoms with Gasteiger partial charge in [-0.25, -0.2) is 0 Å². The van der Waals surface area contributed by atoms with Crippen LogP contribution in [0.15, 0.2) is 21.3 Å². The van der Waals surface area contributed by atoms with E-state index in [-0.39, 0.29) is 5.78 Å². The van der Waals surface area contributed by atoms with Gasteiger partial charge in [0.15, 0.2) is 5.78 Å². The van der Waals surface area contributed by atoms with Crippen LogP contribution in [-0.4, -0.2) is 24.3 Å². The Kier molecular flexibility index (Phi) is 1.87. The first-order valence-corrected chi connectivity index (χ1v) is 4.53. The minimum Gasteiger partial charge on any atom is -0.294 e. The molecule has 0 saturated heterocycles. The third-order valence-electron chi connectivity index (χ3n) is 2.32. The number of Topliss-reactive ketones (excluding diaryl/α,β-unsaturated/α-hetero) is 1. The van der Waals surface area contributed by atoms with Crippen molar-refractivity contribution in [3.63, 3.8) is 0 Å². The first-order chi connectivity index (χ1) is 6.20. The van der Waals surface area contributed by atoms with Crippen LogP contribution in [0.2, 0.25) is 0 Å². The number of carbonyl (C=O) groups is 1. The Morgan fingerprint density at radius 3 is 2.92 bits per heavy atom. The van der Waals surface area contributed by atoms with Gasteiger partial charge < -0.3 is 0 Å². The third kappa shape index (κ3) is 1.24. The minimum atomic E-state index is 0.185. The molecule has 0 atom stereocenters. The van der Waals surface area contributed by atoms with E-state index >= 15 is 0 Å². The molecule has 0 unspecified atom stereocenters. The van der Waals surface area contributed by atoms with Crippen LogP contribution in [0.5, 0.6) is 0 Å². The number of rotatable bonds is 1. The maximum absolute atomic E-state index is 11.4. The van der Waals surface area contributed by atoms with Crippen molar-refractivity contribution >= 4 is 17.7 Å². The number of ketones is 1. The summed E-state index contributed by atoms with van der Waals surface area (Å²) in [6.45, 7) is 4.69. The molecule has 2 rings (SSSR count). The highest BCUT2D eigenvalue weighted by Crippen LogP contribution is 2.24. The van der Waals surface area contributed by atoms with Gasteiger partial charge in [-0.2, -0.15) is 0 Å². The van der Waals surface area contributed by atoms with E-state index < -0.39 is 0 Å². The maximum Gasteiger partial charge on any atom is 0.168 e. The fraction of sp³-hybridized carbons (Fsp3) is 0.500. The Balaban J connectivity index is 2.39. The molecule has 0 bridgehead atoms. The topological polar surface area (TPSA) is 41.8 Å². The predicted octanol–water partition coefficient (Wildman–Crippen LogP) is 1.39. The Bertz CT molecular complexity index is 348. The van der Waals surface area contributed by atoms with Gasteiger partial charge in [-0.05, 0) is 5.92 Å². The van der Waals surface area contributed by atoms with Crippen LogP contribution in [0.4, 0.5) is 0 Å². The summed E-state index contributed by atoms with van der Waals surface area (Å²) in [5.41, 5.74) is 2.64. The minimum absolute atomic E-state index is 0.185. The van der Waals surface area contributed by atoms with E-state index in [0.29, 0.717) is 18.9 Å². The lowest BCUT2D eigenvalue weighted by Gasteiger charge is -2.09. The molecular formula is C10H12N2O. The predicted molar refractivity (Wildman–Crippen MR) is 52.3 cm³/mol. The van der Waals surface area contributed by atoms with Gasteiger partial charge in [0.2, 0.25) is 0 Å². The maximum atomic E-state index is 11.4. The molecule has 3 nitrogen and oxygen atoms in total. The molecule has 0 saturated carbocycles. The summed E-state index contributed by atoms with van der Waals surface area (Å²) < 4.78 is 0. The van der Waals surface area contributed by atoms with E-state index in [0.717, 1.165) is 17.0 Å². The number of carbonyl (C=O) groups excluding carboxylic acids is 1. The molecule has 0 aliphatic carbocycles. The van der Waals surface area contributed by atoms with E-state index in [9.17, 15) is 4.79 Å². The summed E-state index contributed by atoms with van der Waals surface area (Å²) in [7, 11) is 0. The molecule has 2 aliphatic rings. The second kappa shape index (κ2) is 2.91. The average molecular weight is 176 g/mol.